The summed E-state index contributed by atoms with van der Waals surface area (Å²) in [4.78, 5) is 1.46. The van der Waals surface area contributed by atoms with E-state index in [9.17, 15) is 5.11 Å². The molecule has 2 heteroatoms. The highest BCUT2D eigenvalue weighted by atomic mass is 16.3. The maximum Gasteiger partial charge on any atom is 0.119 e. The molecule has 5 atom stereocenters. The third-order valence-corrected chi connectivity index (χ3v) is 6.66. The molecular formula is C26H30NO+. The van der Waals surface area contributed by atoms with Crippen molar-refractivity contribution in [2.24, 2.45) is 5.92 Å². The van der Waals surface area contributed by atoms with Crippen LogP contribution in [0.3, 0.4) is 0 Å². The fraction of sp³-hybridized carbons (Fsp3) is 0.308. The van der Waals surface area contributed by atoms with E-state index >= 15 is 0 Å². The Balaban J connectivity index is 1.75. The highest BCUT2D eigenvalue weighted by Gasteiger charge is 2.51. The number of likely N-dealkylation sites (tertiary alicyclic amines) is 1. The molecule has 0 aliphatic carbocycles. The Labute approximate surface area is 168 Å². The van der Waals surface area contributed by atoms with E-state index in [0.717, 1.165) is 6.42 Å². The molecule has 1 saturated heterocycles. The minimum Gasteiger partial charge on any atom is -0.389 e. The SMILES string of the molecule is C[C@H]1[C@H](c2ccccc2)[NH+](C)[C@H](c2ccccc2)C[C@]1(O)Cc1ccccc1. The van der Waals surface area contributed by atoms with Gasteiger partial charge in [-0.05, 0) is 5.56 Å². The van der Waals surface area contributed by atoms with Crippen LogP contribution in [0.4, 0.5) is 0 Å². The topological polar surface area (TPSA) is 24.7 Å². The molecule has 0 radical (unpaired) electrons. The molecule has 3 aromatic rings. The lowest BCUT2D eigenvalue weighted by Crippen LogP contribution is -3.12. The van der Waals surface area contributed by atoms with Crippen LogP contribution in [0.5, 0.6) is 0 Å². The molecule has 0 spiro atoms. The summed E-state index contributed by atoms with van der Waals surface area (Å²) in [7, 11) is 2.29. The van der Waals surface area contributed by atoms with Gasteiger partial charge in [-0.15, -0.1) is 0 Å². The fourth-order valence-electron chi connectivity index (χ4n) is 5.08. The van der Waals surface area contributed by atoms with E-state index in [1.807, 2.05) is 6.07 Å². The lowest BCUT2D eigenvalue weighted by atomic mass is 9.68. The lowest BCUT2D eigenvalue weighted by molar-refractivity contribution is -0.957. The molecular weight excluding hydrogens is 342 g/mol. The summed E-state index contributed by atoms with van der Waals surface area (Å²) in [5.74, 6) is 0.148. The molecule has 144 valence electrons. The van der Waals surface area contributed by atoms with Crippen molar-refractivity contribution in [1.29, 1.82) is 0 Å². The standard InChI is InChI=1S/C26H29NO/c1-20-25(23-16-10-5-11-17-23)27(2)24(22-14-8-4-9-15-22)19-26(20,28)18-21-12-6-3-7-13-21/h3-17,20,24-25,28H,18-19H2,1-2H3/p+1/t20-,24-,25+,26+/m0/s1. The largest absolute Gasteiger partial charge is 0.389 e. The zero-order valence-corrected chi connectivity index (χ0v) is 16.8. The average molecular weight is 373 g/mol. The molecule has 1 fully saturated rings. The number of piperidine rings is 1. The Morgan fingerprint density at radius 1 is 0.821 bits per heavy atom. The molecule has 2 nitrogen and oxygen atoms in total. The summed E-state index contributed by atoms with van der Waals surface area (Å²) >= 11 is 0. The van der Waals surface area contributed by atoms with Gasteiger partial charge in [-0.2, -0.15) is 0 Å². The van der Waals surface area contributed by atoms with Gasteiger partial charge >= 0.3 is 0 Å². The Morgan fingerprint density at radius 3 is 1.89 bits per heavy atom. The maximum atomic E-state index is 12.0. The molecule has 1 heterocycles. The van der Waals surface area contributed by atoms with Crippen LogP contribution < -0.4 is 4.90 Å². The number of hydrogen-bond donors (Lipinski definition) is 2. The van der Waals surface area contributed by atoms with Gasteiger partial charge in [0, 0.05) is 29.9 Å². The van der Waals surface area contributed by atoms with E-state index in [1.54, 1.807) is 0 Å². The Bertz CT molecular complexity index is 880. The van der Waals surface area contributed by atoms with Gasteiger partial charge in [0.2, 0.25) is 0 Å². The Hall–Kier alpha value is -2.42. The minimum absolute atomic E-state index is 0.148. The van der Waals surface area contributed by atoms with Gasteiger partial charge in [-0.3, -0.25) is 0 Å². The van der Waals surface area contributed by atoms with E-state index in [1.165, 1.54) is 21.6 Å². The number of rotatable bonds is 4. The first-order chi connectivity index (χ1) is 13.6. The number of aliphatic hydroxyl groups is 1. The van der Waals surface area contributed by atoms with Crippen molar-refractivity contribution in [3.8, 4) is 0 Å². The van der Waals surface area contributed by atoms with Gasteiger partial charge in [0.25, 0.3) is 0 Å². The molecule has 1 aliphatic heterocycles. The molecule has 0 bridgehead atoms. The second kappa shape index (κ2) is 7.90. The third kappa shape index (κ3) is 3.63. The van der Waals surface area contributed by atoms with E-state index in [0.29, 0.717) is 6.42 Å². The van der Waals surface area contributed by atoms with Crippen molar-refractivity contribution < 1.29 is 10.0 Å². The predicted octanol–water partition coefficient (Wildman–Crippen LogP) is 4.00. The van der Waals surface area contributed by atoms with Crippen molar-refractivity contribution >= 4 is 0 Å². The molecule has 0 amide bonds. The van der Waals surface area contributed by atoms with E-state index < -0.39 is 5.60 Å². The first-order valence-electron chi connectivity index (χ1n) is 10.3. The van der Waals surface area contributed by atoms with E-state index in [4.69, 9.17) is 0 Å². The number of hydrogen-bond acceptors (Lipinski definition) is 1. The summed E-state index contributed by atoms with van der Waals surface area (Å²) in [6.45, 7) is 2.23. The fourth-order valence-corrected chi connectivity index (χ4v) is 5.08. The van der Waals surface area contributed by atoms with Crippen LogP contribution in [0.15, 0.2) is 91.0 Å². The van der Waals surface area contributed by atoms with Crippen LogP contribution in [0.25, 0.3) is 0 Å². The highest BCUT2D eigenvalue weighted by molar-refractivity contribution is 5.25. The molecule has 3 aromatic carbocycles. The molecule has 1 unspecified atom stereocenters. The van der Waals surface area contributed by atoms with Crippen LogP contribution in [-0.2, 0) is 6.42 Å². The molecule has 2 N–H and O–H groups in total. The van der Waals surface area contributed by atoms with Crippen molar-refractivity contribution in [3.63, 3.8) is 0 Å². The second-order valence-corrected chi connectivity index (χ2v) is 8.35. The summed E-state index contributed by atoms with van der Waals surface area (Å²) in [5.41, 5.74) is 3.07. The number of quaternary nitrogens is 1. The first-order valence-corrected chi connectivity index (χ1v) is 10.3. The first kappa shape index (κ1) is 18.9. The lowest BCUT2D eigenvalue weighted by Gasteiger charge is -2.49. The smallest absolute Gasteiger partial charge is 0.119 e. The zero-order chi connectivity index (χ0) is 19.6. The van der Waals surface area contributed by atoms with Gasteiger partial charge in [0.15, 0.2) is 0 Å². The highest BCUT2D eigenvalue weighted by Crippen LogP contribution is 2.41. The second-order valence-electron chi connectivity index (χ2n) is 8.35. The van der Waals surface area contributed by atoms with Gasteiger partial charge in [0.05, 0.1) is 12.6 Å². The van der Waals surface area contributed by atoms with Gasteiger partial charge in [0.1, 0.15) is 12.1 Å². The van der Waals surface area contributed by atoms with Crippen molar-refractivity contribution in [3.05, 3.63) is 108 Å². The van der Waals surface area contributed by atoms with E-state index in [-0.39, 0.29) is 18.0 Å². The quantitative estimate of drug-likeness (QED) is 0.711. The van der Waals surface area contributed by atoms with Crippen LogP contribution in [0.1, 0.15) is 42.1 Å². The molecule has 0 aromatic heterocycles. The maximum absolute atomic E-state index is 12.0. The third-order valence-electron chi connectivity index (χ3n) is 6.66. The normalized spacial score (nSPS) is 30.1. The average Bonchev–Trinajstić information content (AvgIpc) is 2.73. The predicted molar refractivity (Wildman–Crippen MR) is 114 cm³/mol. The van der Waals surface area contributed by atoms with Gasteiger partial charge in [-0.25, -0.2) is 0 Å². The van der Waals surface area contributed by atoms with Crippen molar-refractivity contribution in [2.45, 2.75) is 37.5 Å². The van der Waals surface area contributed by atoms with Crippen molar-refractivity contribution in [2.75, 3.05) is 7.05 Å². The van der Waals surface area contributed by atoms with Gasteiger partial charge in [-0.1, -0.05) is 97.9 Å². The summed E-state index contributed by atoms with van der Waals surface area (Å²) < 4.78 is 0. The molecule has 4 rings (SSSR count). The number of benzene rings is 3. The summed E-state index contributed by atoms with van der Waals surface area (Å²) in [5, 5.41) is 12.0. The van der Waals surface area contributed by atoms with Crippen molar-refractivity contribution in [1.82, 2.24) is 0 Å². The molecule has 0 saturated carbocycles. The van der Waals surface area contributed by atoms with Crippen LogP contribution in [-0.4, -0.2) is 17.8 Å². The zero-order valence-electron chi connectivity index (χ0n) is 16.8. The summed E-state index contributed by atoms with van der Waals surface area (Å²) in [6.07, 6.45) is 1.46. The van der Waals surface area contributed by atoms with Crippen LogP contribution in [0, 0.1) is 5.92 Å². The Kier molecular flexibility index (Phi) is 5.34. The van der Waals surface area contributed by atoms with Crippen LogP contribution in [0.2, 0.25) is 0 Å². The molecule has 1 aliphatic rings. The summed E-state index contributed by atoms with van der Waals surface area (Å²) in [6, 6.07) is 32.3. The Morgan fingerprint density at radius 2 is 1.32 bits per heavy atom. The van der Waals surface area contributed by atoms with Crippen LogP contribution >= 0.6 is 0 Å². The monoisotopic (exact) mass is 372 g/mol. The van der Waals surface area contributed by atoms with Gasteiger partial charge < -0.3 is 10.0 Å². The van der Waals surface area contributed by atoms with E-state index in [2.05, 4.69) is 98.9 Å². The number of nitrogens with one attached hydrogen (secondary N) is 1. The molecule has 28 heavy (non-hydrogen) atoms. The minimum atomic E-state index is -0.748.